The van der Waals surface area contributed by atoms with Gasteiger partial charge in [-0.15, -0.1) is 5.10 Å². The SMILES string of the molecule is CCOC(=O)[C@H](O)[C@@H](OCc1cnnn1[C@@H](Cc1ccccc1)C(=O)OC)C(=O)OCC. The Morgan fingerprint density at radius 3 is 2.31 bits per heavy atom. The van der Waals surface area contributed by atoms with Gasteiger partial charge in [0.05, 0.1) is 38.8 Å². The molecule has 11 nitrogen and oxygen atoms in total. The van der Waals surface area contributed by atoms with Crippen molar-refractivity contribution in [1.29, 1.82) is 0 Å². The molecule has 2 rings (SSSR count). The third kappa shape index (κ3) is 6.59. The normalized spacial score (nSPS) is 13.6. The molecule has 1 aromatic heterocycles. The second-order valence-corrected chi connectivity index (χ2v) is 6.58. The van der Waals surface area contributed by atoms with E-state index in [1.807, 2.05) is 30.3 Å². The Morgan fingerprint density at radius 2 is 1.69 bits per heavy atom. The van der Waals surface area contributed by atoms with E-state index in [0.717, 1.165) is 5.56 Å². The van der Waals surface area contributed by atoms with Crippen LogP contribution in [0.2, 0.25) is 0 Å². The van der Waals surface area contributed by atoms with Crippen LogP contribution >= 0.6 is 0 Å². The van der Waals surface area contributed by atoms with Crippen LogP contribution in [0.4, 0.5) is 0 Å². The molecule has 11 heteroatoms. The lowest BCUT2D eigenvalue weighted by Gasteiger charge is -2.21. The van der Waals surface area contributed by atoms with Gasteiger partial charge in [0.25, 0.3) is 0 Å². The van der Waals surface area contributed by atoms with Crippen molar-refractivity contribution < 1.29 is 38.4 Å². The number of nitrogens with zero attached hydrogens (tertiary/aromatic N) is 3. The fourth-order valence-electron chi connectivity index (χ4n) is 2.91. The van der Waals surface area contributed by atoms with E-state index in [1.165, 1.54) is 18.0 Å². The second-order valence-electron chi connectivity index (χ2n) is 6.58. The van der Waals surface area contributed by atoms with Crippen LogP contribution in [0.3, 0.4) is 0 Å². The predicted molar refractivity (Wildman–Crippen MR) is 109 cm³/mol. The molecule has 0 bridgehead atoms. The number of esters is 3. The van der Waals surface area contributed by atoms with Crippen molar-refractivity contribution in [3.05, 3.63) is 47.8 Å². The molecule has 0 aliphatic heterocycles. The Bertz CT molecular complexity index is 886. The monoisotopic (exact) mass is 449 g/mol. The molecule has 0 spiro atoms. The molecule has 0 saturated heterocycles. The average molecular weight is 449 g/mol. The van der Waals surface area contributed by atoms with E-state index < -0.39 is 36.2 Å². The van der Waals surface area contributed by atoms with E-state index in [2.05, 4.69) is 10.3 Å². The lowest BCUT2D eigenvalue weighted by atomic mass is 10.1. The number of aromatic nitrogens is 3. The number of methoxy groups -OCH3 is 1. The predicted octanol–water partition coefficient (Wildman–Crippen LogP) is 0.607. The maximum Gasteiger partial charge on any atom is 0.338 e. The summed E-state index contributed by atoms with van der Waals surface area (Å²) in [6, 6.07) is 8.41. The van der Waals surface area contributed by atoms with Gasteiger partial charge in [-0.1, -0.05) is 35.5 Å². The van der Waals surface area contributed by atoms with E-state index in [9.17, 15) is 19.5 Å². The molecule has 0 amide bonds. The molecule has 2 aromatic rings. The first-order valence-electron chi connectivity index (χ1n) is 10.1. The van der Waals surface area contributed by atoms with Gasteiger partial charge >= 0.3 is 17.9 Å². The Hall–Kier alpha value is -3.31. The van der Waals surface area contributed by atoms with E-state index >= 15 is 0 Å². The van der Waals surface area contributed by atoms with Crippen molar-refractivity contribution in [1.82, 2.24) is 15.0 Å². The summed E-state index contributed by atoms with van der Waals surface area (Å²) in [5.41, 5.74) is 1.19. The molecule has 0 unspecified atom stereocenters. The minimum Gasteiger partial charge on any atom is -0.467 e. The van der Waals surface area contributed by atoms with Crippen LogP contribution in [0, 0.1) is 0 Å². The van der Waals surface area contributed by atoms with Crippen LogP contribution in [0.15, 0.2) is 36.5 Å². The zero-order chi connectivity index (χ0) is 23.5. The summed E-state index contributed by atoms with van der Waals surface area (Å²) in [6.07, 6.45) is -1.90. The van der Waals surface area contributed by atoms with Gasteiger partial charge in [0.2, 0.25) is 0 Å². The zero-order valence-electron chi connectivity index (χ0n) is 18.2. The van der Waals surface area contributed by atoms with Gasteiger partial charge in [0, 0.05) is 6.42 Å². The summed E-state index contributed by atoms with van der Waals surface area (Å²) in [4.78, 5) is 36.6. The smallest absolute Gasteiger partial charge is 0.338 e. The molecular formula is C21H27N3O8. The fourth-order valence-corrected chi connectivity index (χ4v) is 2.91. The fraction of sp³-hybridized carbons (Fsp3) is 0.476. The number of aliphatic hydroxyl groups is 1. The quantitative estimate of drug-likeness (QED) is 0.362. The zero-order valence-corrected chi connectivity index (χ0v) is 18.2. The van der Waals surface area contributed by atoms with Crippen molar-refractivity contribution >= 4 is 17.9 Å². The first-order valence-corrected chi connectivity index (χ1v) is 10.1. The summed E-state index contributed by atoms with van der Waals surface area (Å²) < 4.78 is 21.4. The first-order chi connectivity index (χ1) is 15.4. The molecule has 1 heterocycles. The minimum absolute atomic E-state index is 0.0163. The van der Waals surface area contributed by atoms with Crippen molar-refractivity contribution in [2.75, 3.05) is 20.3 Å². The number of benzene rings is 1. The van der Waals surface area contributed by atoms with Crippen LogP contribution in [-0.4, -0.2) is 70.5 Å². The number of ether oxygens (including phenoxy) is 4. The van der Waals surface area contributed by atoms with Crippen molar-refractivity contribution in [2.45, 2.75) is 45.1 Å². The molecule has 0 aliphatic rings. The van der Waals surface area contributed by atoms with Gasteiger partial charge < -0.3 is 24.1 Å². The van der Waals surface area contributed by atoms with Gasteiger partial charge in [-0.2, -0.15) is 0 Å². The highest BCUT2D eigenvalue weighted by Crippen LogP contribution is 2.19. The van der Waals surface area contributed by atoms with Crippen LogP contribution in [0.5, 0.6) is 0 Å². The lowest BCUT2D eigenvalue weighted by molar-refractivity contribution is -0.179. The van der Waals surface area contributed by atoms with Crippen LogP contribution < -0.4 is 0 Å². The number of rotatable bonds is 12. The largest absolute Gasteiger partial charge is 0.467 e. The van der Waals surface area contributed by atoms with Crippen LogP contribution in [0.1, 0.15) is 31.1 Å². The van der Waals surface area contributed by atoms with Gasteiger partial charge in [-0.05, 0) is 19.4 Å². The molecule has 32 heavy (non-hydrogen) atoms. The van der Waals surface area contributed by atoms with Crippen molar-refractivity contribution in [3.63, 3.8) is 0 Å². The molecule has 0 aliphatic carbocycles. The highest BCUT2D eigenvalue weighted by molar-refractivity contribution is 5.85. The summed E-state index contributed by atoms with van der Waals surface area (Å²) in [7, 11) is 1.26. The highest BCUT2D eigenvalue weighted by atomic mass is 16.6. The van der Waals surface area contributed by atoms with Crippen LogP contribution in [-0.2, 0) is 46.4 Å². The third-order valence-corrected chi connectivity index (χ3v) is 4.43. The summed E-state index contributed by atoms with van der Waals surface area (Å²) in [6.45, 7) is 2.89. The van der Waals surface area contributed by atoms with Gasteiger partial charge in [-0.3, -0.25) is 0 Å². The topological polar surface area (TPSA) is 139 Å². The van der Waals surface area contributed by atoms with Crippen molar-refractivity contribution in [3.8, 4) is 0 Å². The first kappa shape index (κ1) is 25.0. The lowest BCUT2D eigenvalue weighted by Crippen LogP contribution is -2.43. The summed E-state index contributed by atoms with van der Waals surface area (Å²) in [5.74, 6) is -2.50. The molecule has 0 saturated carbocycles. The Morgan fingerprint density at radius 1 is 1.03 bits per heavy atom. The van der Waals surface area contributed by atoms with E-state index in [0.29, 0.717) is 5.69 Å². The molecule has 0 radical (unpaired) electrons. The van der Waals surface area contributed by atoms with Crippen molar-refractivity contribution in [2.24, 2.45) is 0 Å². The number of hydrogen-bond donors (Lipinski definition) is 1. The molecule has 1 N–H and O–H groups in total. The number of carbonyl (C=O) groups is 3. The molecule has 1 aromatic carbocycles. The van der Waals surface area contributed by atoms with Gasteiger partial charge in [0.15, 0.2) is 18.2 Å². The average Bonchev–Trinajstić information content (AvgIpc) is 3.26. The summed E-state index contributed by atoms with van der Waals surface area (Å²) in [5, 5.41) is 18.0. The molecule has 3 atom stereocenters. The molecular weight excluding hydrogens is 422 g/mol. The Kier molecular flexibility index (Phi) is 9.76. The standard InChI is InChI=1S/C21H27N3O8/c1-4-30-20(27)17(25)18(21(28)31-5-2)32-13-15-12-22-23-24(15)16(19(26)29-3)11-14-9-7-6-8-10-14/h6-10,12,16-18,25H,4-5,11,13H2,1-3H3/t16-,17+,18+/m0/s1. The van der Waals surface area contributed by atoms with E-state index in [1.54, 1.807) is 13.8 Å². The van der Waals surface area contributed by atoms with Gasteiger partial charge in [-0.25, -0.2) is 19.1 Å². The number of aliphatic hydroxyl groups excluding tert-OH is 1. The highest BCUT2D eigenvalue weighted by Gasteiger charge is 2.36. The third-order valence-electron chi connectivity index (χ3n) is 4.43. The maximum atomic E-state index is 12.4. The molecule has 174 valence electrons. The second kappa shape index (κ2) is 12.5. The Labute approximate surface area is 185 Å². The molecule has 0 fully saturated rings. The van der Waals surface area contributed by atoms with E-state index in [-0.39, 0.29) is 26.2 Å². The summed E-state index contributed by atoms with van der Waals surface area (Å²) >= 11 is 0. The van der Waals surface area contributed by atoms with Gasteiger partial charge in [0.1, 0.15) is 0 Å². The Balaban J connectivity index is 2.22. The van der Waals surface area contributed by atoms with E-state index in [4.69, 9.17) is 18.9 Å². The number of hydrogen-bond acceptors (Lipinski definition) is 10. The maximum absolute atomic E-state index is 12.4. The number of carbonyl (C=O) groups excluding carboxylic acids is 3. The van der Waals surface area contributed by atoms with Crippen LogP contribution in [0.25, 0.3) is 0 Å². The minimum atomic E-state index is -1.89.